The molecule has 8 atom stereocenters. The van der Waals surface area contributed by atoms with Crippen LogP contribution in [0.2, 0.25) is 0 Å². The fourth-order valence-electron chi connectivity index (χ4n) is 3.75. The molecule has 434 valence electrons. The summed E-state index contributed by atoms with van der Waals surface area (Å²) in [6, 6.07) is -2.82. The molecule has 0 radical (unpaired) electrons. The van der Waals surface area contributed by atoms with Crippen LogP contribution in [0.15, 0.2) is 0 Å². The number of hydrogen-bond donors (Lipinski definition) is 9. The van der Waals surface area contributed by atoms with Crippen molar-refractivity contribution < 1.29 is 99.6 Å². The predicted molar refractivity (Wildman–Crippen MR) is 280 cm³/mol. The van der Waals surface area contributed by atoms with Crippen LogP contribution >= 0.6 is 37.2 Å². The zero-order valence-electron chi connectivity index (χ0n) is 46.4. The first-order valence-corrected chi connectivity index (χ1v) is 33.9. The molecule has 10 N–H and O–H groups in total. The van der Waals surface area contributed by atoms with E-state index in [0.29, 0.717) is 26.4 Å². The minimum Gasteiger partial charge on any atom is -0.466 e. The third-order valence-corrected chi connectivity index (χ3v) is 11.5. The number of nitrogens with zero attached hydrogens (tertiary/aromatic N) is 1. The summed E-state index contributed by atoms with van der Waals surface area (Å²) in [7, 11) is -11.8. The second-order valence-corrected chi connectivity index (χ2v) is 27.6. The Hall–Kier alpha value is -2.43. The van der Waals surface area contributed by atoms with E-state index in [1.54, 1.807) is 104 Å². The molecule has 27 nitrogen and oxygen atoms in total. The topological polar surface area (TPSA) is 401 Å². The van der Waals surface area contributed by atoms with Crippen LogP contribution in [-0.4, -0.2) is 197 Å². The number of carbonyl (C=O) groups excluding carboxylic acids is 6. The molecule has 72 heavy (non-hydrogen) atoms. The van der Waals surface area contributed by atoms with Crippen molar-refractivity contribution in [3.05, 3.63) is 0 Å². The lowest BCUT2D eigenvalue weighted by Crippen LogP contribution is -2.42. The van der Waals surface area contributed by atoms with Crippen LogP contribution in [-0.2, 0) is 80.0 Å². The van der Waals surface area contributed by atoms with E-state index in [1.165, 1.54) is 31.6 Å². The third kappa shape index (κ3) is 63.7. The van der Waals surface area contributed by atoms with Crippen LogP contribution in [0, 0.1) is 5.92 Å². The first kappa shape index (κ1) is 83.6. The highest BCUT2D eigenvalue weighted by Crippen LogP contribution is 2.42. The Morgan fingerprint density at radius 3 is 0.986 bits per heavy atom. The normalized spacial score (nSPS) is 14.9. The van der Waals surface area contributed by atoms with Crippen molar-refractivity contribution in [1.29, 1.82) is 0 Å². The van der Waals surface area contributed by atoms with Gasteiger partial charge in [-0.2, -0.15) is 0 Å². The SMILES string of the molecule is CCOC(=O)C(C)CN.CCOC(=O)C(C)NC.CCOC(=O)C(C)NP(C)(=O)N(C)C(C)C(=O)OCC.CCOC(=O)C(C)NP(C)(=O)O.CCOC(=O)C(C)NP(C)(C)=O.CP(=O)(O)O.CP(C)(=O)O. The van der Waals surface area contributed by atoms with Gasteiger partial charge in [0, 0.05) is 53.2 Å². The molecule has 0 aliphatic rings. The molecule has 0 bridgehead atoms. The van der Waals surface area contributed by atoms with Gasteiger partial charge in [-0.25, -0.2) is 14.8 Å². The molecule has 0 rings (SSSR count). The molecular weight excluding hydrogens is 1060 g/mol. The highest BCUT2D eigenvalue weighted by Gasteiger charge is 2.33. The van der Waals surface area contributed by atoms with Gasteiger partial charge in [0.25, 0.3) is 7.52 Å². The Labute approximate surface area is 428 Å². The van der Waals surface area contributed by atoms with Crippen molar-refractivity contribution in [3.63, 3.8) is 0 Å². The molecule has 32 heteroatoms. The summed E-state index contributed by atoms with van der Waals surface area (Å²) >= 11 is 0. The maximum absolute atomic E-state index is 12.6. The van der Waals surface area contributed by atoms with E-state index in [-0.39, 0.29) is 49.7 Å². The Morgan fingerprint density at radius 1 is 0.486 bits per heavy atom. The number of carbonyl (C=O) groups is 6. The molecule has 0 aromatic carbocycles. The van der Waals surface area contributed by atoms with E-state index in [0.717, 1.165) is 13.3 Å². The maximum atomic E-state index is 12.6. The fraction of sp³-hybridized carbons (Fsp3) is 0.850. The fourth-order valence-corrected chi connectivity index (χ4v) is 7.37. The minimum absolute atomic E-state index is 0.162. The molecule has 0 amide bonds. The molecule has 0 spiro atoms. The number of hydrogen-bond acceptors (Lipinski definition) is 19. The van der Waals surface area contributed by atoms with Gasteiger partial charge in [0.2, 0.25) is 7.44 Å². The first-order chi connectivity index (χ1) is 32.3. The van der Waals surface area contributed by atoms with Crippen molar-refractivity contribution >= 4 is 73.0 Å². The van der Waals surface area contributed by atoms with Crippen molar-refractivity contribution in [3.8, 4) is 0 Å². The van der Waals surface area contributed by atoms with E-state index in [2.05, 4.69) is 30.1 Å². The van der Waals surface area contributed by atoms with Crippen LogP contribution in [0.5, 0.6) is 0 Å². The summed E-state index contributed by atoms with van der Waals surface area (Å²) in [5, 5.41) is 10.4. The molecule has 0 aliphatic heterocycles. The standard InChI is InChI=1S/C12H25N2O5P.C7H16NO3P.C6H14NO4P.2C6H13NO2.C2H7O2P.CH5O3P/c1-7-18-11(15)9(3)13-20(6,17)14(5)10(4)12(16)19-8-2;1-5-11-7(9)6(2)8-12(3,4)10;1-4-11-6(8)5(2)7-12(3,9)10;1-4-9-6(8)5(2)7-3;1-3-9-6(8)5(2)4-7;2*1-5(2,3)4/h9-10H,7-8H2,1-6H3,(H,13,17);6H,5H2,1-4H3,(H,8,10);5H,4H2,1-3H3,(H2,7,9,10);5,7H,4H2,1-3H3;5H,3-4,7H2,1-2H3;1-2H3,(H,3,4);1H3,(H2,2,3,4). The molecule has 0 fully saturated rings. The zero-order chi connectivity index (χ0) is 59.0. The summed E-state index contributed by atoms with van der Waals surface area (Å²) in [6.45, 7) is 31.7. The van der Waals surface area contributed by atoms with Crippen LogP contribution in [0.3, 0.4) is 0 Å². The quantitative estimate of drug-likeness (QED) is 0.0427. The van der Waals surface area contributed by atoms with E-state index in [9.17, 15) is 51.6 Å². The van der Waals surface area contributed by atoms with Gasteiger partial charge in [-0.15, -0.1) is 0 Å². The lowest BCUT2D eigenvalue weighted by Gasteiger charge is -2.31. The Balaban J connectivity index is -0.000000144. The summed E-state index contributed by atoms with van der Waals surface area (Å²) in [5.74, 6) is -2.38. The van der Waals surface area contributed by atoms with E-state index in [4.69, 9.17) is 44.3 Å². The smallest absolute Gasteiger partial charge is 0.323 e. The Kier molecular flexibility index (Phi) is 52.0. The van der Waals surface area contributed by atoms with Crippen molar-refractivity contribution in [1.82, 2.24) is 25.2 Å². The zero-order valence-corrected chi connectivity index (χ0v) is 50.9. The van der Waals surface area contributed by atoms with Gasteiger partial charge in [0.05, 0.1) is 45.6 Å². The van der Waals surface area contributed by atoms with Crippen molar-refractivity contribution in [2.24, 2.45) is 11.7 Å². The highest BCUT2D eigenvalue weighted by molar-refractivity contribution is 7.60. The van der Waals surface area contributed by atoms with E-state index >= 15 is 0 Å². The van der Waals surface area contributed by atoms with Gasteiger partial charge in [0.1, 0.15) is 37.5 Å². The van der Waals surface area contributed by atoms with Gasteiger partial charge in [-0.3, -0.25) is 52.1 Å². The lowest BCUT2D eigenvalue weighted by atomic mass is 10.2. The van der Waals surface area contributed by atoms with Crippen LogP contribution in [0.25, 0.3) is 0 Å². The monoisotopic (exact) mass is 1150 g/mol. The number of esters is 6. The molecule has 0 aromatic heterocycles. The number of rotatable bonds is 22. The molecule has 0 aromatic rings. The van der Waals surface area contributed by atoms with Gasteiger partial charge in [0.15, 0.2) is 7.37 Å². The molecule has 8 unspecified atom stereocenters. The maximum Gasteiger partial charge on any atom is 0.323 e. The molecule has 0 saturated carbocycles. The average Bonchev–Trinajstić information content (AvgIpc) is 3.21. The molecule has 0 aliphatic carbocycles. The largest absolute Gasteiger partial charge is 0.466 e. The second kappa shape index (κ2) is 44.8. The Morgan fingerprint density at radius 2 is 0.736 bits per heavy atom. The number of likely N-dealkylation sites (N-methyl/N-ethyl adjacent to an activating group) is 2. The minimum atomic E-state index is -3.64. The average molecular weight is 1150 g/mol. The van der Waals surface area contributed by atoms with Crippen LogP contribution < -0.4 is 26.3 Å². The summed E-state index contributed by atoms with van der Waals surface area (Å²) in [4.78, 5) is 98.6. The second-order valence-electron chi connectivity index (χ2n) is 15.7. The number of nitrogens with one attached hydrogen (secondary N) is 4. The predicted octanol–water partition coefficient (Wildman–Crippen LogP) is 3.25. The van der Waals surface area contributed by atoms with Crippen LogP contribution in [0.1, 0.15) is 83.1 Å². The summed E-state index contributed by atoms with van der Waals surface area (Å²) in [6.07, 6.45) is 0. The molecular formula is C40H93N6O21P5. The highest BCUT2D eigenvalue weighted by atomic mass is 31.2. The first-order valence-electron chi connectivity index (χ1n) is 22.5. The number of ether oxygens (including phenoxy) is 6. The van der Waals surface area contributed by atoms with Crippen molar-refractivity contribution in [2.45, 2.75) is 113 Å². The third-order valence-electron chi connectivity index (χ3n) is 7.20. The lowest BCUT2D eigenvalue weighted by molar-refractivity contribution is -0.147. The van der Waals surface area contributed by atoms with E-state index < -0.39 is 79.3 Å². The summed E-state index contributed by atoms with van der Waals surface area (Å²) in [5.41, 5.74) is 5.20. The van der Waals surface area contributed by atoms with Crippen LogP contribution in [0.4, 0.5) is 0 Å². The van der Waals surface area contributed by atoms with E-state index in [1.807, 2.05) is 0 Å². The van der Waals surface area contributed by atoms with Gasteiger partial charge in [-0.1, -0.05) is 6.92 Å². The number of nitrogens with two attached hydrogens (primary N) is 1. The summed E-state index contributed by atoms with van der Waals surface area (Å²) < 4.78 is 83.5. The van der Waals surface area contributed by atoms with Gasteiger partial charge in [-0.05, 0) is 90.3 Å². The van der Waals surface area contributed by atoms with Gasteiger partial charge >= 0.3 is 43.4 Å². The van der Waals surface area contributed by atoms with Crippen molar-refractivity contribution in [2.75, 3.05) is 107 Å². The Bertz CT molecular complexity index is 1650. The molecule has 0 saturated heterocycles. The molecule has 0 heterocycles. The van der Waals surface area contributed by atoms with Gasteiger partial charge < -0.3 is 63.6 Å².